The summed E-state index contributed by atoms with van der Waals surface area (Å²) in [4.78, 5) is -0.127. The number of hydrogen-bond acceptors (Lipinski definition) is 4. The van der Waals surface area contributed by atoms with Crippen LogP contribution in [-0.4, -0.2) is 25.3 Å². The maximum Gasteiger partial charge on any atom is 0.387 e. The summed E-state index contributed by atoms with van der Waals surface area (Å²) in [5.74, 6) is -0.0654. The molecular formula is C11H14F2N2O3S2. The van der Waals surface area contributed by atoms with Gasteiger partial charge >= 0.3 is 6.61 Å². The Bertz CT molecular complexity index is 562. The predicted octanol–water partition coefficient (Wildman–Crippen LogP) is 2.09. The molecule has 3 N–H and O–H groups in total. The van der Waals surface area contributed by atoms with Crippen molar-refractivity contribution < 1.29 is 21.9 Å². The van der Waals surface area contributed by atoms with E-state index in [0.717, 1.165) is 0 Å². The number of nitrogens with one attached hydrogen (secondary N) is 1. The highest BCUT2D eigenvalue weighted by Crippen LogP contribution is 2.20. The first-order valence-electron chi connectivity index (χ1n) is 5.62. The fourth-order valence-electron chi connectivity index (χ4n) is 1.51. The molecule has 9 heteroatoms. The molecule has 0 heterocycles. The van der Waals surface area contributed by atoms with Gasteiger partial charge < -0.3 is 10.5 Å². The van der Waals surface area contributed by atoms with Gasteiger partial charge in [-0.1, -0.05) is 19.1 Å². The Morgan fingerprint density at radius 3 is 2.35 bits per heavy atom. The van der Waals surface area contributed by atoms with E-state index < -0.39 is 21.9 Å². The number of benzene rings is 1. The van der Waals surface area contributed by atoms with E-state index >= 15 is 0 Å². The summed E-state index contributed by atoms with van der Waals surface area (Å²) >= 11 is 4.70. The third-order valence-corrected chi connectivity index (χ3v) is 4.69. The van der Waals surface area contributed by atoms with E-state index in [0.29, 0.717) is 0 Å². The Morgan fingerprint density at radius 1 is 1.40 bits per heavy atom. The maximum absolute atomic E-state index is 12.0. The van der Waals surface area contributed by atoms with E-state index in [1.807, 2.05) is 0 Å². The largest absolute Gasteiger partial charge is 0.435 e. The van der Waals surface area contributed by atoms with Crippen LogP contribution in [0.1, 0.15) is 13.3 Å². The first-order chi connectivity index (χ1) is 9.26. The first-order valence-corrected chi connectivity index (χ1v) is 7.57. The van der Waals surface area contributed by atoms with Gasteiger partial charge in [-0.2, -0.15) is 8.78 Å². The van der Waals surface area contributed by atoms with Gasteiger partial charge in [0.05, 0.1) is 4.99 Å². The average Bonchev–Trinajstić information content (AvgIpc) is 2.30. The summed E-state index contributed by atoms with van der Waals surface area (Å²) in [5, 5.41) is -0.991. The van der Waals surface area contributed by atoms with Gasteiger partial charge in [0, 0.05) is 5.69 Å². The number of ether oxygens (including phenoxy) is 1. The monoisotopic (exact) mass is 324 g/mol. The van der Waals surface area contributed by atoms with E-state index in [-0.39, 0.29) is 22.8 Å². The number of rotatable bonds is 7. The fourth-order valence-corrected chi connectivity index (χ4v) is 3.41. The van der Waals surface area contributed by atoms with Crippen LogP contribution < -0.4 is 15.2 Å². The lowest BCUT2D eigenvalue weighted by atomic mass is 10.3. The molecule has 0 spiro atoms. The zero-order valence-electron chi connectivity index (χ0n) is 10.5. The number of alkyl halides is 2. The molecule has 0 aliphatic heterocycles. The highest BCUT2D eigenvalue weighted by Gasteiger charge is 2.26. The second-order valence-corrected chi connectivity index (χ2v) is 6.18. The molecule has 0 aliphatic rings. The molecule has 0 aliphatic carbocycles. The van der Waals surface area contributed by atoms with Gasteiger partial charge in [-0.15, -0.1) is 0 Å². The Hall–Kier alpha value is -1.48. The van der Waals surface area contributed by atoms with Gasteiger partial charge in [0.2, 0.25) is 10.0 Å². The number of thiocarbonyl (C=S) groups is 1. The topological polar surface area (TPSA) is 81.4 Å². The standard InChI is InChI=1S/C11H14F2N2O3S2/c1-2-9(10(14)19)20(16,17)15-7-3-5-8(6-4-7)18-11(12)13/h3-6,9,11,15H,2H2,1H3,(H2,14,19). The number of nitrogens with two attached hydrogens (primary N) is 1. The first kappa shape index (κ1) is 16.6. The zero-order valence-corrected chi connectivity index (χ0v) is 12.2. The fraction of sp³-hybridized carbons (Fsp3) is 0.364. The Labute approximate surface area is 121 Å². The number of hydrogen-bond donors (Lipinski definition) is 2. The molecule has 0 fully saturated rings. The molecule has 0 saturated heterocycles. The van der Waals surface area contributed by atoms with E-state index in [1.165, 1.54) is 24.3 Å². The van der Waals surface area contributed by atoms with Crippen molar-refractivity contribution in [1.82, 2.24) is 0 Å². The van der Waals surface area contributed by atoms with Crippen LogP contribution in [0.2, 0.25) is 0 Å². The van der Waals surface area contributed by atoms with Crippen molar-refractivity contribution in [3.05, 3.63) is 24.3 Å². The number of halogens is 2. The maximum atomic E-state index is 12.0. The van der Waals surface area contributed by atoms with Crippen LogP contribution in [0.4, 0.5) is 14.5 Å². The van der Waals surface area contributed by atoms with Gasteiger partial charge in [0.1, 0.15) is 11.0 Å². The minimum absolute atomic E-state index is 0.0654. The summed E-state index contributed by atoms with van der Waals surface area (Å²) in [5.41, 5.74) is 5.58. The van der Waals surface area contributed by atoms with Crippen molar-refractivity contribution in [3.8, 4) is 5.75 Å². The van der Waals surface area contributed by atoms with Crippen molar-refractivity contribution >= 4 is 32.9 Å². The van der Waals surface area contributed by atoms with Crippen molar-refractivity contribution in [3.63, 3.8) is 0 Å². The van der Waals surface area contributed by atoms with Crippen LogP contribution in [0.25, 0.3) is 0 Å². The molecule has 1 aromatic carbocycles. The number of sulfonamides is 1. The van der Waals surface area contributed by atoms with E-state index in [1.54, 1.807) is 6.92 Å². The lowest BCUT2D eigenvalue weighted by Gasteiger charge is -2.16. The molecule has 112 valence electrons. The van der Waals surface area contributed by atoms with Gasteiger partial charge in [0.25, 0.3) is 0 Å². The molecule has 0 amide bonds. The van der Waals surface area contributed by atoms with Crippen LogP contribution in [0, 0.1) is 0 Å². The molecule has 1 atom stereocenters. The number of anilines is 1. The summed E-state index contributed by atoms with van der Waals surface area (Å²) < 4.78 is 54.4. The van der Waals surface area contributed by atoms with Crippen molar-refractivity contribution in [1.29, 1.82) is 0 Å². The van der Waals surface area contributed by atoms with Gasteiger partial charge in [-0.05, 0) is 30.7 Å². The lowest BCUT2D eigenvalue weighted by Crippen LogP contribution is -2.37. The van der Waals surface area contributed by atoms with Crippen molar-refractivity contribution in [2.45, 2.75) is 25.2 Å². The molecule has 5 nitrogen and oxygen atoms in total. The van der Waals surface area contributed by atoms with Gasteiger partial charge in [-0.3, -0.25) is 4.72 Å². The molecule has 1 rings (SSSR count). The predicted molar refractivity (Wildman–Crippen MR) is 76.5 cm³/mol. The Balaban J connectivity index is 2.85. The van der Waals surface area contributed by atoms with Gasteiger partial charge in [0.15, 0.2) is 0 Å². The van der Waals surface area contributed by atoms with Gasteiger partial charge in [-0.25, -0.2) is 8.42 Å². The van der Waals surface area contributed by atoms with E-state index in [2.05, 4.69) is 9.46 Å². The summed E-state index contributed by atoms with van der Waals surface area (Å²) in [7, 11) is -3.77. The molecular weight excluding hydrogens is 310 g/mol. The Morgan fingerprint density at radius 2 is 1.95 bits per heavy atom. The molecule has 0 radical (unpaired) electrons. The normalized spacial score (nSPS) is 13.0. The van der Waals surface area contributed by atoms with Crippen LogP contribution in [-0.2, 0) is 10.0 Å². The minimum Gasteiger partial charge on any atom is -0.435 e. The Kier molecular flexibility index (Phi) is 5.63. The molecule has 0 bridgehead atoms. The summed E-state index contributed by atoms with van der Waals surface area (Å²) in [6.45, 7) is -1.29. The van der Waals surface area contributed by atoms with Crippen LogP contribution in [0.15, 0.2) is 24.3 Å². The van der Waals surface area contributed by atoms with Crippen LogP contribution in [0.3, 0.4) is 0 Å². The average molecular weight is 324 g/mol. The molecule has 1 unspecified atom stereocenters. The van der Waals surface area contributed by atoms with E-state index in [9.17, 15) is 17.2 Å². The van der Waals surface area contributed by atoms with Crippen LogP contribution in [0.5, 0.6) is 5.75 Å². The molecule has 20 heavy (non-hydrogen) atoms. The highest BCUT2D eigenvalue weighted by molar-refractivity contribution is 7.95. The van der Waals surface area contributed by atoms with E-state index in [4.69, 9.17) is 18.0 Å². The summed E-state index contributed by atoms with van der Waals surface area (Å²) in [6, 6.07) is 5.07. The third-order valence-electron chi connectivity index (χ3n) is 2.40. The molecule has 0 aromatic heterocycles. The zero-order chi connectivity index (χ0) is 15.3. The van der Waals surface area contributed by atoms with Crippen molar-refractivity contribution in [2.24, 2.45) is 5.73 Å². The van der Waals surface area contributed by atoms with Crippen molar-refractivity contribution in [2.75, 3.05) is 4.72 Å². The van der Waals surface area contributed by atoms with Crippen LogP contribution >= 0.6 is 12.2 Å². The molecule has 1 aromatic rings. The quantitative estimate of drug-likeness (QED) is 0.751. The highest BCUT2D eigenvalue weighted by atomic mass is 32.2. The SMILES string of the molecule is CCC(C(N)=S)S(=O)(=O)Nc1ccc(OC(F)F)cc1. The summed E-state index contributed by atoms with van der Waals surface area (Å²) in [6.07, 6.45) is 0.233. The minimum atomic E-state index is -3.77. The lowest BCUT2D eigenvalue weighted by molar-refractivity contribution is -0.0498. The smallest absolute Gasteiger partial charge is 0.387 e. The third kappa shape index (κ3) is 4.57. The second kappa shape index (κ2) is 6.80. The molecule has 0 saturated carbocycles. The second-order valence-electron chi connectivity index (χ2n) is 3.85.